The summed E-state index contributed by atoms with van der Waals surface area (Å²) in [7, 11) is -4.59. The van der Waals surface area contributed by atoms with E-state index in [-0.39, 0.29) is 18.8 Å². The predicted octanol–water partition coefficient (Wildman–Crippen LogP) is 0.172. The fourth-order valence-corrected chi connectivity index (χ4v) is 0.562. The average Bonchev–Trinajstić information content (AvgIpc) is 1.96. The van der Waals surface area contributed by atoms with Crippen molar-refractivity contribution in [1.29, 1.82) is 0 Å². The molecule has 0 aliphatic heterocycles. The molecule has 7 heteroatoms. The number of hydrogen-bond acceptors (Lipinski definition) is 4. The average molecular weight is 196 g/mol. The van der Waals surface area contributed by atoms with Crippen molar-refractivity contribution in [3.8, 4) is 0 Å². The van der Waals surface area contributed by atoms with E-state index in [0.29, 0.717) is 0 Å². The molecule has 0 atom stereocenters. The van der Waals surface area contributed by atoms with Crippen molar-refractivity contribution in [3.05, 3.63) is 12.7 Å². The van der Waals surface area contributed by atoms with Gasteiger partial charge in [-0.25, -0.2) is 9.45 Å². The maximum atomic E-state index is 10.5. The molecule has 0 heterocycles. The molecule has 0 aromatic rings. The Morgan fingerprint density at radius 2 is 2.17 bits per heavy atom. The first-order chi connectivity index (χ1) is 5.45. The van der Waals surface area contributed by atoms with Crippen LogP contribution in [0.5, 0.6) is 0 Å². The van der Waals surface area contributed by atoms with Gasteiger partial charge in [-0.1, -0.05) is 6.58 Å². The van der Waals surface area contributed by atoms with Gasteiger partial charge >= 0.3 is 7.82 Å². The van der Waals surface area contributed by atoms with Crippen molar-refractivity contribution in [2.75, 3.05) is 6.61 Å². The van der Waals surface area contributed by atoms with Gasteiger partial charge in [0.1, 0.15) is 0 Å². The molecule has 0 aliphatic rings. The van der Waals surface area contributed by atoms with Crippen molar-refractivity contribution in [1.82, 2.24) is 0 Å². The second-order valence-electron chi connectivity index (χ2n) is 1.81. The number of ketones is 1. The van der Waals surface area contributed by atoms with Gasteiger partial charge in [0.15, 0.2) is 5.78 Å². The zero-order chi connectivity index (χ0) is 9.61. The van der Waals surface area contributed by atoms with Crippen molar-refractivity contribution >= 4 is 13.6 Å². The molecule has 6 nitrogen and oxygen atoms in total. The lowest BCUT2D eigenvalue weighted by molar-refractivity contribution is -0.221. The molecule has 0 aromatic carbocycles. The van der Waals surface area contributed by atoms with Crippen LogP contribution in [0.1, 0.15) is 6.42 Å². The summed E-state index contributed by atoms with van der Waals surface area (Å²) in [5.41, 5.74) is 0. The van der Waals surface area contributed by atoms with Gasteiger partial charge < -0.3 is 9.79 Å². The van der Waals surface area contributed by atoms with Crippen LogP contribution in [0.15, 0.2) is 12.7 Å². The lowest BCUT2D eigenvalue weighted by Gasteiger charge is -2.02. The Balaban J connectivity index is 3.40. The number of hydrogen-bond donors (Lipinski definition) is 2. The Morgan fingerprint density at radius 3 is 2.58 bits per heavy atom. The van der Waals surface area contributed by atoms with Gasteiger partial charge in [0.2, 0.25) is 0 Å². The summed E-state index contributed by atoms with van der Waals surface area (Å²) < 4.78 is 13.6. The van der Waals surface area contributed by atoms with Crippen molar-refractivity contribution in [2.45, 2.75) is 6.42 Å². The van der Waals surface area contributed by atoms with Crippen LogP contribution in [0.3, 0.4) is 0 Å². The van der Waals surface area contributed by atoms with E-state index in [9.17, 15) is 9.36 Å². The van der Waals surface area contributed by atoms with Crippen molar-refractivity contribution in [3.63, 3.8) is 0 Å². The summed E-state index contributed by atoms with van der Waals surface area (Å²) in [4.78, 5) is 30.7. The third-order valence-corrected chi connectivity index (χ3v) is 1.11. The molecule has 2 N–H and O–H groups in total. The van der Waals surface area contributed by atoms with E-state index >= 15 is 0 Å². The van der Waals surface area contributed by atoms with Crippen LogP contribution in [0.25, 0.3) is 0 Å². The van der Waals surface area contributed by atoms with Gasteiger partial charge in [-0.3, -0.25) is 4.79 Å². The third-order valence-electron chi connectivity index (χ3n) is 0.809. The van der Waals surface area contributed by atoms with Crippen LogP contribution >= 0.6 is 7.82 Å². The largest absolute Gasteiger partial charge is 0.496 e. The normalized spacial score (nSPS) is 11.2. The van der Waals surface area contributed by atoms with Crippen molar-refractivity contribution < 1.29 is 28.7 Å². The number of allylic oxidation sites excluding steroid dienone is 1. The molecule has 0 aliphatic carbocycles. The highest BCUT2D eigenvalue weighted by Gasteiger charge is 2.14. The smallest absolute Gasteiger partial charge is 0.301 e. The second kappa shape index (κ2) is 5.18. The molecule has 12 heavy (non-hydrogen) atoms. The Morgan fingerprint density at radius 1 is 1.58 bits per heavy atom. The van der Waals surface area contributed by atoms with Crippen molar-refractivity contribution in [2.24, 2.45) is 0 Å². The minimum absolute atomic E-state index is 0.0243. The van der Waals surface area contributed by atoms with E-state index in [2.05, 4.69) is 16.1 Å². The maximum Gasteiger partial charge on any atom is 0.496 e. The Kier molecular flexibility index (Phi) is 4.96. The molecule has 0 unspecified atom stereocenters. The van der Waals surface area contributed by atoms with Crippen LogP contribution in [0.4, 0.5) is 0 Å². The van der Waals surface area contributed by atoms with E-state index < -0.39 is 7.82 Å². The monoisotopic (exact) mass is 196 g/mol. The molecule has 0 saturated heterocycles. The van der Waals surface area contributed by atoms with E-state index in [0.717, 1.165) is 6.08 Å². The molecular weight excluding hydrogens is 187 g/mol. The van der Waals surface area contributed by atoms with Crippen LogP contribution in [0.2, 0.25) is 0 Å². The Labute approximate surface area is 69.0 Å². The van der Waals surface area contributed by atoms with Gasteiger partial charge in [0.05, 0.1) is 6.61 Å². The van der Waals surface area contributed by atoms with Crippen LogP contribution in [0, 0.1) is 0 Å². The summed E-state index contributed by atoms with van der Waals surface area (Å²) in [5.74, 6) is -0.288. The first kappa shape index (κ1) is 11.5. The molecule has 0 rings (SSSR count). The van der Waals surface area contributed by atoms with E-state index in [1.807, 2.05) is 0 Å². The SMILES string of the molecule is C=CC(=O)CCOOP(=O)(O)O. The third kappa shape index (κ3) is 7.59. The molecule has 0 radical (unpaired) electrons. The van der Waals surface area contributed by atoms with Gasteiger partial charge in [0.25, 0.3) is 0 Å². The molecule has 70 valence electrons. The highest BCUT2D eigenvalue weighted by molar-refractivity contribution is 7.46. The molecule has 0 saturated carbocycles. The van der Waals surface area contributed by atoms with Crippen LogP contribution < -0.4 is 0 Å². The van der Waals surface area contributed by atoms with Gasteiger partial charge in [-0.15, -0.1) is 4.67 Å². The quantitative estimate of drug-likeness (QED) is 0.207. The minimum Gasteiger partial charge on any atom is -0.301 e. The summed E-state index contributed by atoms with van der Waals surface area (Å²) >= 11 is 0. The van der Waals surface area contributed by atoms with E-state index in [4.69, 9.17) is 9.79 Å². The number of carbonyl (C=O) groups excluding carboxylic acids is 1. The standard InChI is InChI=1S/C5H9O6P/c1-2-5(6)3-4-10-11-12(7,8)9/h2H,1,3-4H2,(H2,7,8,9). The minimum atomic E-state index is -4.59. The van der Waals surface area contributed by atoms with E-state index in [1.165, 1.54) is 0 Å². The zero-order valence-corrected chi connectivity index (χ0v) is 7.07. The first-order valence-corrected chi connectivity index (χ1v) is 4.51. The summed E-state index contributed by atoms with van der Waals surface area (Å²) in [6.07, 6.45) is 1.06. The fourth-order valence-electron chi connectivity index (χ4n) is 0.350. The fraction of sp³-hybridized carbons (Fsp3) is 0.400. The molecule has 0 amide bonds. The molecular formula is C5H9O6P. The zero-order valence-electron chi connectivity index (χ0n) is 6.17. The predicted molar refractivity (Wildman–Crippen MR) is 38.9 cm³/mol. The summed E-state index contributed by atoms with van der Waals surface area (Å²) in [6.45, 7) is 2.98. The topological polar surface area (TPSA) is 93.1 Å². The van der Waals surface area contributed by atoms with E-state index in [1.54, 1.807) is 0 Å². The van der Waals surface area contributed by atoms with Gasteiger partial charge in [-0.05, 0) is 6.08 Å². The van der Waals surface area contributed by atoms with Crippen LogP contribution in [-0.4, -0.2) is 22.2 Å². The number of phosphoric acid groups is 1. The lowest BCUT2D eigenvalue weighted by Crippen LogP contribution is -2.01. The summed E-state index contributed by atoms with van der Waals surface area (Å²) in [6, 6.07) is 0. The molecule has 0 spiro atoms. The highest BCUT2D eigenvalue weighted by atomic mass is 31.2. The number of rotatable bonds is 6. The molecule has 0 aromatic heterocycles. The van der Waals surface area contributed by atoms with Gasteiger partial charge in [-0.2, -0.15) is 0 Å². The summed E-state index contributed by atoms with van der Waals surface area (Å²) in [5, 5.41) is 0. The Bertz CT molecular complexity index is 206. The second-order valence-corrected chi connectivity index (χ2v) is 2.94. The Hall–Kier alpha value is -0.520. The van der Waals surface area contributed by atoms with Gasteiger partial charge in [0, 0.05) is 6.42 Å². The maximum absolute atomic E-state index is 10.5. The van der Waals surface area contributed by atoms with Crippen LogP contribution in [-0.2, 0) is 18.9 Å². The lowest BCUT2D eigenvalue weighted by atomic mass is 10.3. The molecule has 0 bridgehead atoms. The first-order valence-electron chi connectivity index (χ1n) is 2.98. The highest BCUT2D eigenvalue weighted by Crippen LogP contribution is 2.35. The number of carbonyl (C=O) groups is 1. The molecule has 0 fully saturated rings.